The van der Waals surface area contributed by atoms with Crippen molar-refractivity contribution in [3.8, 4) is 0 Å². The van der Waals surface area contributed by atoms with Gasteiger partial charge in [0.05, 0.1) is 12.8 Å². The van der Waals surface area contributed by atoms with E-state index in [2.05, 4.69) is 11.9 Å². The third kappa shape index (κ3) is 2.59. The van der Waals surface area contributed by atoms with Crippen LogP contribution in [0.3, 0.4) is 0 Å². The van der Waals surface area contributed by atoms with Gasteiger partial charge >= 0.3 is 0 Å². The smallest absolute Gasteiger partial charge is 0.118 e. The van der Waals surface area contributed by atoms with Crippen molar-refractivity contribution in [3.05, 3.63) is 23.7 Å². The molecule has 2 rings (SSSR count). The highest BCUT2D eigenvalue weighted by atomic mass is 16.3. The van der Waals surface area contributed by atoms with E-state index in [1.807, 2.05) is 6.07 Å². The first-order valence-corrected chi connectivity index (χ1v) is 5.23. The summed E-state index contributed by atoms with van der Waals surface area (Å²) in [5.41, 5.74) is 6.59. The molecule has 1 fully saturated rings. The number of hydrogen-bond acceptors (Lipinski definition) is 3. The minimum absolute atomic E-state index is 0.565. The zero-order valence-electron chi connectivity index (χ0n) is 8.70. The van der Waals surface area contributed by atoms with Crippen LogP contribution in [0.15, 0.2) is 16.7 Å². The number of hydrogen-bond donors (Lipinski definition) is 1. The van der Waals surface area contributed by atoms with Gasteiger partial charge in [0.15, 0.2) is 0 Å². The van der Waals surface area contributed by atoms with Crippen molar-refractivity contribution < 1.29 is 4.42 Å². The van der Waals surface area contributed by atoms with Crippen LogP contribution < -0.4 is 5.73 Å². The maximum atomic E-state index is 5.51. The molecule has 0 aliphatic heterocycles. The molecule has 0 atom stereocenters. The first-order valence-electron chi connectivity index (χ1n) is 5.23. The van der Waals surface area contributed by atoms with Crippen LogP contribution in [0.4, 0.5) is 0 Å². The predicted molar refractivity (Wildman–Crippen MR) is 55.7 cm³/mol. The van der Waals surface area contributed by atoms with E-state index in [0.29, 0.717) is 6.54 Å². The second kappa shape index (κ2) is 4.15. The van der Waals surface area contributed by atoms with Gasteiger partial charge < -0.3 is 10.2 Å². The molecule has 0 amide bonds. The van der Waals surface area contributed by atoms with Gasteiger partial charge in [0, 0.05) is 18.7 Å². The van der Waals surface area contributed by atoms with Crippen LogP contribution in [0.5, 0.6) is 0 Å². The van der Waals surface area contributed by atoms with Gasteiger partial charge in [-0.1, -0.05) is 0 Å². The van der Waals surface area contributed by atoms with E-state index >= 15 is 0 Å². The van der Waals surface area contributed by atoms with E-state index in [9.17, 15) is 0 Å². The summed E-state index contributed by atoms with van der Waals surface area (Å²) in [7, 11) is 2.14. The number of nitrogens with two attached hydrogens (primary N) is 1. The Hall–Kier alpha value is -0.800. The number of rotatable bonds is 5. The highest BCUT2D eigenvalue weighted by Gasteiger charge is 2.22. The summed E-state index contributed by atoms with van der Waals surface area (Å²) in [6, 6.07) is 2.05. The number of furan rings is 1. The van der Waals surface area contributed by atoms with Crippen molar-refractivity contribution in [2.45, 2.75) is 25.9 Å². The van der Waals surface area contributed by atoms with Crippen LogP contribution in [0.25, 0.3) is 0 Å². The van der Waals surface area contributed by atoms with E-state index < -0.39 is 0 Å². The van der Waals surface area contributed by atoms with Crippen molar-refractivity contribution in [2.75, 3.05) is 13.6 Å². The Morgan fingerprint density at radius 2 is 2.36 bits per heavy atom. The molecule has 3 heteroatoms. The molecule has 0 bridgehead atoms. The topological polar surface area (TPSA) is 42.4 Å². The van der Waals surface area contributed by atoms with Gasteiger partial charge in [0.2, 0.25) is 0 Å². The lowest BCUT2D eigenvalue weighted by molar-refractivity contribution is 0.284. The van der Waals surface area contributed by atoms with Crippen LogP contribution in [-0.4, -0.2) is 18.5 Å². The van der Waals surface area contributed by atoms with E-state index in [1.54, 1.807) is 6.26 Å². The fraction of sp³-hybridized carbons (Fsp3) is 0.636. The predicted octanol–water partition coefficient (Wildman–Crippen LogP) is 1.58. The van der Waals surface area contributed by atoms with Gasteiger partial charge in [-0.2, -0.15) is 0 Å². The molecule has 2 N–H and O–H groups in total. The lowest BCUT2D eigenvalue weighted by atomic mass is 10.3. The minimum Gasteiger partial charge on any atom is -0.468 e. The summed E-state index contributed by atoms with van der Waals surface area (Å²) < 4.78 is 5.41. The summed E-state index contributed by atoms with van der Waals surface area (Å²) in [5.74, 6) is 1.96. The fourth-order valence-electron chi connectivity index (χ4n) is 1.69. The Labute approximate surface area is 84.9 Å². The third-order valence-corrected chi connectivity index (χ3v) is 2.64. The van der Waals surface area contributed by atoms with Crippen LogP contribution >= 0.6 is 0 Å². The lowest BCUT2D eigenvalue weighted by Gasteiger charge is -2.13. The molecule has 1 heterocycles. The Kier molecular flexibility index (Phi) is 2.89. The number of nitrogens with zero attached hydrogens (tertiary/aromatic N) is 1. The van der Waals surface area contributed by atoms with E-state index in [1.165, 1.54) is 19.4 Å². The molecule has 0 spiro atoms. The molecular weight excluding hydrogens is 176 g/mol. The van der Waals surface area contributed by atoms with E-state index in [0.717, 1.165) is 23.8 Å². The minimum atomic E-state index is 0.565. The molecule has 1 aromatic heterocycles. The monoisotopic (exact) mass is 194 g/mol. The Morgan fingerprint density at radius 3 is 2.93 bits per heavy atom. The first kappa shape index (κ1) is 9.74. The van der Waals surface area contributed by atoms with Crippen LogP contribution in [0, 0.1) is 5.92 Å². The van der Waals surface area contributed by atoms with Crippen molar-refractivity contribution in [2.24, 2.45) is 11.7 Å². The second-order valence-electron chi connectivity index (χ2n) is 4.27. The highest BCUT2D eigenvalue weighted by molar-refractivity contribution is 5.12. The summed E-state index contributed by atoms with van der Waals surface area (Å²) >= 11 is 0. The van der Waals surface area contributed by atoms with Gasteiger partial charge in [-0.05, 0) is 31.9 Å². The van der Waals surface area contributed by atoms with Crippen molar-refractivity contribution in [1.29, 1.82) is 0 Å². The zero-order valence-corrected chi connectivity index (χ0v) is 8.70. The van der Waals surface area contributed by atoms with Gasteiger partial charge in [0.25, 0.3) is 0 Å². The normalized spacial score (nSPS) is 16.5. The molecule has 0 radical (unpaired) electrons. The van der Waals surface area contributed by atoms with E-state index in [-0.39, 0.29) is 0 Å². The maximum Gasteiger partial charge on any atom is 0.118 e. The summed E-state index contributed by atoms with van der Waals surface area (Å²) in [5, 5.41) is 0. The fourth-order valence-corrected chi connectivity index (χ4v) is 1.69. The van der Waals surface area contributed by atoms with Crippen molar-refractivity contribution in [3.63, 3.8) is 0 Å². The molecular formula is C11H18N2O. The Morgan fingerprint density at radius 1 is 1.57 bits per heavy atom. The average molecular weight is 194 g/mol. The molecule has 78 valence electrons. The zero-order chi connectivity index (χ0) is 9.97. The van der Waals surface area contributed by atoms with Crippen LogP contribution in [-0.2, 0) is 13.1 Å². The summed E-state index contributed by atoms with van der Waals surface area (Å²) in [4.78, 5) is 2.32. The quantitative estimate of drug-likeness (QED) is 0.773. The van der Waals surface area contributed by atoms with Gasteiger partial charge in [-0.25, -0.2) is 0 Å². The van der Waals surface area contributed by atoms with Crippen molar-refractivity contribution >= 4 is 0 Å². The molecule has 1 aliphatic carbocycles. The van der Waals surface area contributed by atoms with Gasteiger partial charge in [-0.3, -0.25) is 4.90 Å². The van der Waals surface area contributed by atoms with E-state index in [4.69, 9.17) is 10.2 Å². The van der Waals surface area contributed by atoms with Gasteiger partial charge in [0.1, 0.15) is 5.76 Å². The largest absolute Gasteiger partial charge is 0.468 e. The van der Waals surface area contributed by atoms with Crippen LogP contribution in [0.2, 0.25) is 0 Å². The summed E-state index contributed by atoms with van der Waals surface area (Å²) in [6.07, 6.45) is 4.55. The summed E-state index contributed by atoms with van der Waals surface area (Å²) in [6.45, 7) is 2.66. The standard InChI is InChI=1S/C11H18N2O/c1-13(6-9-2-3-9)7-11-4-10(5-12)8-14-11/h4,8-9H,2-3,5-7,12H2,1H3. The molecule has 1 aliphatic rings. The molecule has 0 aromatic carbocycles. The molecule has 1 aromatic rings. The first-order chi connectivity index (χ1) is 6.78. The average Bonchev–Trinajstić information content (AvgIpc) is 2.83. The Bertz CT molecular complexity index is 291. The molecule has 0 saturated heterocycles. The Balaban J connectivity index is 1.82. The second-order valence-corrected chi connectivity index (χ2v) is 4.27. The van der Waals surface area contributed by atoms with Gasteiger partial charge in [-0.15, -0.1) is 0 Å². The highest BCUT2D eigenvalue weighted by Crippen LogP contribution is 2.29. The van der Waals surface area contributed by atoms with Crippen molar-refractivity contribution in [1.82, 2.24) is 4.90 Å². The SMILES string of the molecule is CN(Cc1cc(CN)co1)CC1CC1. The third-order valence-electron chi connectivity index (χ3n) is 2.64. The molecule has 1 saturated carbocycles. The lowest BCUT2D eigenvalue weighted by Crippen LogP contribution is -2.19. The molecule has 3 nitrogen and oxygen atoms in total. The maximum absolute atomic E-state index is 5.51. The van der Waals surface area contributed by atoms with Crippen LogP contribution in [0.1, 0.15) is 24.2 Å². The molecule has 14 heavy (non-hydrogen) atoms. The molecule has 0 unspecified atom stereocenters.